The fourth-order valence-corrected chi connectivity index (χ4v) is 3.08. The Hall–Kier alpha value is -3.87. The zero-order valence-corrected chi connectivity index (χ0v) is 17.5. The summed E-state index contributed by atoms with van der Waals surface area (Å²) in [5.74, 6) is 2.05. The lowest BCUT2D eigenvalue weighted by Gasteiger charge is -2.22. The molecule has 0 fully saturated rings. The lowest BCUT2D eigenvalue weighted by Crippen LogP contribution is -2.33. The van der Waals surface area contributed by atoms with Crippen LogP contribution in [0.4, 0.5) is 10.5 Å². The predicted molar refractivity (Wildman–Crippen MR) is 117 cm³/mol. The number of rotatable bonds is 7. The molecule has 0 aliphatic rings. The SMILES string of the molecule is CC(C)c1noc(-c2ccc(NC(=O)N(Cc3ccccc3)Cc3ccco3)cc2)n1. The molecule has 7 nitrogen and oxygen atoms in total. The van der Waals surface area contributed by atoms with Gasteiger partial charge >= 0.3 is 6.03 Å². The van der Waals surface area contributed by atoms with E-state index in [1.165, 1.54) is 0 Å². The topological polar surface area (TPSA) is 84.4 Å². The van der Waals surface area contributed by atoms with Crippen molar-refractivity contribution in [2.45, 2.75) is 32.9 Å². The van der Waals surface area contributed by atoms with Crippen LogP contribution in [0.2, 0.25) is 0 Å². The van der Waals surface area contributed by atoms with E-state index in [1.54, 1.807) is 11.2 Å². The maximum absolute atomic E-state index is 13.0. The highest BCUT2D eigenvalue weighted by atomic mass is 16.5. The van der Waals surface area contributed by atoms with Crippen LogP contribution in [-0.2, 0) is 13.1 Å². The van der Waals surface area contributed by atoms with Gasteiger partial charge in [-0.2, -0.15) is 4.98 Å². The number of aromatic nitrogens is 2. The van der Waals surface area contributed by atoms with Crippen molar-refractivity contribution in [2.24, 2.45) is 0 Å². The molecule has 0 radical (unpaired) electrons. The molecule has 2 heterocycles. The van der Waals surface area contributed by atoms with Crippen LogP contribution in [0.15, 0.2) is 81.9 Å². The van der Waals surface area contributed by atoms with Crippen LogP contribution >= 0.6 is 0 Å². The number of furan rings is 1. The van der Waals surface area contributed by atoms with Crippen molar-refractivity contribution in [3.05, 3.63) is 90.1 Å². The number of carbonyl (C=O) groups is 1. The third-order valence-electron chi connectivity index (χ3n) is 4.77. The van der Waals surface area contributed by atoms with Crippen molar-refractivity contribution in [3.8, 4) is 11.5 Å². The first-order valence-electron chi connectivity index (χ1n) is 10.1. The first-order valence-corrected chi connectivity index (χ1v) is 10.1. The van der Waals surface area contributed by atoms with Gasteiger partial charge in [-0.15, -0.1) is 0 Å². The van der Waals surface area contributed by atoms with Crippen LogP contribution in [0.5, 0.6) is 0 Å². The number of anilines is 1. The zero-order chi connectivity index (χ0) is 21.6. The Morgan fingerprint density at radius 1 is 1.00 bits per heavy atom. The number of nitrogens with one attached hydrogen (secondary N) is 1. The maximum Gasteiger partial charge on any atom is 0.322 e. The van der Waals surface area contributed by atoms with Gasteiger partial charge in [-0.1, -0.05) is 49.3 Å². The second kappa shape index (κ2) is 9.30. The molecule has 0 saturated heterocycles. The predicted octanol–water partition coefficient (Wildman–Crippen LogP) is 5.69. The Balaban J connectivity index is 1.46. The maximum atomic E-state index is 13.0. The van der Waals surface area contributed by atoms with Crippen molar-refractivity contribution in [1.29, 1.82) is 0 Å². The number of benzene rings is 2. The second-order valence-corrected chi connectivity index (χ2v) is 7.54. The quantitative estimate of drug-likeness (QED) is 0.418. The highest BCUT2D eigenvalue weighted by Crippen LogP contribution is 2.22. The molecule has 2 aromatic heterocycles. The van der Waals surface area contributed by atoms with Crippen molar-refractivity contribution < 1.29 is 13.7 Å². The van der Waals surface area contributed by atoms with Gasteiger partial charge in [-0.3, -0.25) is 0 Å². The molecular formula is C24H24N4O3. The molecule has 0 atom stereocenters. The van der Waals surface area contributed by atoms with Gasteiger partial charge in [0.25, 0.3) is 5.89 Å². The Kier molecular flexibility index (Phi) is 6.12. The molecule has 0 bridgehead atoms. The van der Waals surface area contributed by atoms with Gasteiger partial charge < -0.3 is 19.2 Å². The lowest BCUT2D eigenvalue weighted by atomic mass is 10.2. The molecule has 0 spiro atoms. The largest absolute Gasteiger partial charge is 0.467 e. The van der Waals surface area contributed by atoms with Crippen LogP contribution in [0, 0.1) is 0 Å². The molecule has 1 N–H and O–H groups in total. The highest BCUT2D eigenvalue weighted by molar-refractivity contribution is 5.89. The summed E-state index contributed by atoms with van der Waals surface area (Å²) in [7, 11) is 0. The van der Waals surface area contributed by atoms with E-state index in [-0.39, 0.29) is 11.9 Å². The van der Waals surface area contributed by atoms with E-state index < -0.39 is 0 Å². The van der Waals surface area contributed by atoms with Gasteiger partial charge in [0.15, 0.2) is 5.82 Å². The summed E-state index contributed by atoms with van der Waals surface area (Å²) in [6, 6.07) is 20.6. The van der Waals surface area contributed by atoms with Crippen molar-refractivity contribution in [1.82, 2.24) is 15.0 Å². The van der Waals surface area contributed by atoms with E-state index >= 15 is 0 Å². The molecule has 4 aromatic rings. The molecule has 7 heteroatoms. The minimum Gasteiger partial charge on any atom is -0.467 e. The average molecular weight is 416 g/mol. The number of hydrogen-bond acceptors (Lipinski definition) is 5. The lowest BCUT2D eigenvalue weighted by molar-refractivity contribution is 0.201. The van der Waals surface area contributed by atoms with Gasteiger partial charge in [0.05, 0.1) is 12.8 Å². The van der Waals surface area contributed by atoms with Crippen LogP contribution < -0.4 is 5.32 Å². The molecule has 2 aromatic carbocycles. The molecular weight excluding hydrogens is 392 g/mol. The van der Waals surface area contributed by atoms with Crippen LogP contribution in [0.25, 0.3) is 11.5 Å². The standard InChI is InChI=1S/C24H24N4O3/c1-17(2)22-26-23(31-27-22)19-10-12-20(13-11-19)25-24(29)28(16-21-9-6-14-30-21)15-18-7-4-3-5-8-18/h3-14,17H,15-16H2,1-2H3,(H,25,29). The second-order valence-electron chi connectivity index (χ2n) is 7.54. The first-order chi connectivity index (χ1) is 15.1. The highest BCUT2D eigenvalue weighted by Gasteiger charge is 2.17. The molecule has 4 rings (SSSR count). The van der Waals surface area contributed by atoms with E-state index in [4.69, 9.17) is 8.94 Å². The fraction of sp³-hybridized carbons (Fsp3) is 0.208. The van der Waals surface area contributed by atoms with E-state index in [9.17, 15) is 4.79 Å². The minimum absolute atomic E-state index is 0.195. The van der Waals surface area contributed by atoms with Crippen LogP contribution in [0.3, 0.4) is 0 Å². The van der Waals surface area contributed by atoms with Gasteiger partial charge in [0.1, 0.15) is 5.76 Å². The smallest absolute Gasteiger partial charge is 0.322 e. The summed E-state index contributed by atoms with van der Waals surface area (Å²) >= 11 is 0. The number of urea groups is 1. The summed E-state index contributed by atoms with van der Waals surface area (Å²) in [5.41, 5.74) is 2.51. The number of nitrogens with zero attached hydrogens (tertiary/aromatic N) is 3. The molecule has 0 unspecified atom stereocenters. The molecule has 158 valence electrons. The number of hydrogen-bond donors (Lipinski definition) is 1. The summed E-state index contributed by atoms with van der Waals surface area (Å²) in [4.78, 5) is 19.1. The Bertz CT molecular complexity index is 1100. The number of amides is 2. The van der Waals surface area contributed by atoms with Crippen molar-refractivity contribution in [2.75, 3.05) is 5.32 Å². The Morgan fingerprint density at radius 3 is 2.42 bits per heavy atom. The fourth-order valence-electron chi connectivity index (χ4n) is 3.08. The van der Waals surface area contributed by atoms with E-state index in [1.807, 2.05) is 80.6 Å². The summed E-state index contributed by atoms with van der Waals surface area (Å²) in [6.07, 6.45) is 1.61. The minimum atomic E-state index is -0.215. The van der Waals surface area contributed by atoms with Crippen LogP contribution in [0.1, 0.15) is 36.9 Å². The molecule has 0 saturated carbocycles. The molecule has 2 amide bonds. The van der Waals surface area contributed by atoms with Gasteiger partial charge in [-0.05, 0) is 42.0 Å². The molecule has 31 heavy (non-hydrogen) atoms. The van der Waals surface area contributed by atoms with Crippen LogP contribution in [-0.4, -0.2) is 21.1 Å². The van der Waals surface area contributed by atoms with E-state index in [0.29, 0.717) is 30.5 Å². The molecule has 0 aliphatic heterocycles. The van der Waals surface area contributed by atoms with Gasteiger partial charge in [0.2, 0.25) is 0 Å². The summed E-state index contributed by atoms with van der Waals surface area (Å²) in [6.45, 7) is 4.85. The van der Waals surface area contributed by atoms with E-state index in [2.05, 4.69) is 15.5 Å². The molecule has 0 aliphatic carbocycles. The van der Waals surface area contributed by atoms with Gasteiger partial charge in [-0.25, -0.2) is 4.79 Å². The van der Waals surface area contributed by atoms with E-state index in [0.717, 1.165) is 16.9 Å². The Labute approximate surface area is 180 Å². The van der Waals surface area contributed by atoms with Crippen molar-refractivity contribution in [3.63, 3.8) is 0 Å². The first kappa shape index (κ1) is 20.4. The summed E-state index contributed by atoms with van der Waals surface area (Å²) < 4.78 is 10.8. The average Bonchev–Trinajstić information content (AvgIpc) is 3.47. The zero-order valence-electron chi connectivity index (χ0n) is 17.5. The Morgan fingerprint density at radius 2 is 1.77 bits per heavy atom. The monoisotopic (exact) mass is 416 g/mol. The normalized spacial score (nSPS) is 10.9. The third-order valence-corrected chi connectivity index (χ3v) is 4.77. The van der Waals surface area contributed by atoms with Gasteiger partial charge in [0, 0.05) is 23.7 Å². The summed E-state index contributed by atoms with van der Waals surface area (Å²) in [5, 5.41) is 6.95. The number of carbonyl (C=O) groups excluding carboxylic acids is 1. The third kappa shape index (κ3) is 5.19. The van der Waals surface area contributed by atoms with Crippen molar-refractivity contribution >= 4 is 11.7 Å².